The molecule has 1 saturated carbocycles. The molecule has 37 heavy (non-hydrogen) atoms. The van der Waals surface area contributed by atoms with Crippen LogP contribution in [-0.2, 0) is 6.54 Å². The predicted octanol–water partition coefficient (Wildman–Crippen LogP) is 5.43. The Kier molecular flexibility index (Phi) is 6.26. The summed E-state index contributed by atoms with van der Waals surface area (Å²) in [5, 5.41) is 7.12. The SMILES string of the molecule is CC1CCC(Cn2c(N3[C@H](C)CC[C@H]3C)nc3cc(-c4n[nH]c(=O)[nH]4)nc(-c4cncc(Cl)c4)c32)CC1. The van der Waals surface area contributed by atoms with Gasteiger partial charge in [0, 0.05) is 36.6 Å². The van der Waals surface area contributed by atoms with Gasteiger partial charge in [-0.1, -0.05) is 31.4 Å². The summed E-state index contributed by atoms with van der Waals surface area (Å²) in [5.41, 5.74) is 3.53. The van der Waals surface area contributed by atoms with Gasteiger partial charge in [-0.2, -0.15) is 5.10 Å². The average molecular weight is 521 g/mol. The molecule has 4 aromatic heterocycles. The highest BCUT2D eigenvalue weighted by Gasteiger charge is 2.33. The van der Waals surface area contributed by atoms with Crippen molar-refractivity contribution in [3.05, 3.63) is 40.0 Å². The maximum atomic E-state index is 11.8. The Balaban J connectivity index is 1.59. The molecule has 1 saturated heterocycles. The lowest BCUT2D eigenvalue weighted by Crippen LogP contribution is -2.35. The Morgan fingerprint density at radius 3 is 2.43 bits per heavy atom. The van der Waals surface area contributed by atoms with E-state index in [1.165, 1.54) is 25.7 Å². The normalized spacial score (nSPS) is 24.3. The van der Waals surface area contributed by atoms with Crippen molar-refractivity contribution in [3.8, 4) is 22.8 Å². The van der Waals surface area contributed by atoms with E-state index in [1.54, 1.807) is 12.4 Å². The first-order valence-electron chi connectivity index (χ1n) is 13.3. The highest BCUT2D eigenvalue weighted by atomic mass is 35.5. The standard InChI is InChI=1S/C27H33ClN8O/c1-15-4-8-18(9-5-15)14-35-24-21(31-27(35)36-16(2)6-7-17(36)3)11-22(25-32-26(37)34-33-25)30-23(24)19-10-20(28)13-29-12-19/h10-13,15-18H,4-9,14H2,1-3H3,(H2,32,33,34,37)/t15?,16-,17-,18?/m1/s1. The van der Waals surface area contributed by atoms with E-state index in [-0.39, 0.29) is 5.69 Å². The van der Waals surface area contributed by atoms with E-state index in [4.69, 9.17) is 21.6 Å². The van der Waals surface area contributed by atoms with E-state index in [0.29, 0.717) is 34.5 Å². The van der Waals surface area contributed by atoms with E-state index < -0.39 is 0 Å². The molecule has 6 rings (SSSR count). The van der Waals surface area contributed by atoms with Crippen LogP contribution in [0.2, 0.25) is 5.02 Å². The molecule has 1 aliphatic carbocycles. The van der Waals surface area contributed by atoms with Gasteiger partial charge in [-0.15, -0.1) is 0 Å². The summed E-state index contributed by atoms with van der Waals surface area (Å²) >= 11 is 6.38. The van der Waals surface area contributed by atoms with Crippen molar-refractivity contribution in [2.75, 3.05) is 4.90 Å². The van der Waals surface area contributed by atoms with Crippen molar-refractivity contribution in [3.63, 3.8) is 0 Å². The second-order valence-electron chi connectivity index (χ2n) is 11.0. The molecule has 4 aromatic rings. The van der Waals surface area contributed by atoms with Gasteiger partial charge >= 0.3 is 5.69 Å². The molecule has 0 unspecified atom stereocenters. The molecule has 5 heterocycles. The number of rotatable bonds is 5. The summed E-state index contributed by atoms with van der Waals surface area (Å²) in [4.78, 5) is 31.6. The van der Waals surface area contributed by atoms with E-state index in [1.807, 2.05) is 12.1 Å². The number of H-pyrrole nitrogens is 2. The van der Waals surface area contributed by atoms with Crippen LogP contribution in [0.15, 0.2) is 29.3 Å². The van der Waals surface area contributed by atoms with Gasteiger partial charge in [-0.3, -0.25) is 9.97 Å². The van der Waals surface area contributed by atoms with Crippen molar-refractivity contribution >= 4 is 28.6 Å². The van der Waals surface area contributed by atoms with Gasteiger partial charge in [0.05, 0.1) is 21.7 Å². The smallest absolute Gasteiger partial charge is 0.337 e. The molecule has 9 nitrogen and oxygen atoms in total. The summed E-state index contributed by atoms with van der Waals surface area (Å²) in [6.45, 7) is 7.83. The molecular formula is C27H33ClN8O. The fourth-order valence-electron chi connectivity index (χ4n) is 6.13. The summed E-state index contributed by atoms with van der Waals surface area (Å²) < 4.78 is 2.40. The van der Waals surface area contributed by atoms with Crippen molar-refractivity contribution in [1.82, 2.24) is 34.7 Å². The number of halogens is 1. The summed E-state index contributed by atoms with van der Waals surface area (Å²) in [6.07, 6.45) is 10.7. The zero-order chi connectivity index (χ0) is 25.7. The number of aromatic nitrogens is 7. The zero-order valence-corrected chi connectivity index (χ0v) is 22.3. The summed E-state index contributed by atoms with van der Waals surface area (Å²) in [7, 11) is 0. The Labute approximate surface area is 220 Å². The molecule has 0 amide bonds. The molecule has 10 heteroatoms. The Hall–Kier alpha value is -3.20. The van der Waals surface area contributed by atoms with Crippen molar-refractivity contribution in [1.29, 1.82) is 0 Å². The average Bonchev–Trinajstić information content (AvgIpc) is 3.56. The second kappa shape index (κ2) is 9.59. The quantitative estimate of drug-likeness (QED) is 0.363. The minimum atomic E-state index is -0.375. The maximum absolute atomic E-state index is 11.8. The number of nitrogens with one attached hydrogen (secondary N) is 2. The van der Waals surface area contributed by atoms with E-state index in [9.17, 15) is 4.79 Å². The Morgan fingerprint density at radius 1 is 1.00 bits per heavy atom. The van der Waals surface area contributed by atoms with Gasteiger partial charge in [0.15, 0.2) is 5.82 Å². The third-order valence-corrected chi connectivity index (χ3v) is 8.39. The lowest BCUT2D eigenvalue weighted by atomic mass is 9.83. The minimum Gasteiger partial charge on any atom is -0.337 e. The highest BCUT2D eigenvalue weighted by Crippen LogP contribution is 2.39. The summed E-state index contributed by atoms with van der Waals surface area (Å²) in [6, 6.07) is 4.62. The number of anilines is 1. The van der Waals surface area contributed by atoms with Crippen molar-refractivity contribution < 1.29 is 0 Å². The molecule has 2 aliphatic rings. The molecular weight excluding hydrogens is 488 g/mol. The zero-order valence-electron chi connectivity index (χ0n) is 21.5. The van der Waals surface area contributed by atoms with Crippen LogP contribution < -0.4 is 10.6 Å². The van der Waals surface area contributed by atoms with E-state index in [2.05, 4.69) is 50.4 Å². The molecule has 2 N–H and O–H groups in total. The van der Waals surface area contributed by atoms with Crippen molar-refractivity contribution in [2.45, 2.75) is 77.9 Å². The largest absolute Gasteiger partial charge is 0.340 e. The first kappa shape index (κ1) is 24.2. The third-order valence-electron chi connectivity index (χ3n) is 8.19. The monoisotopic (exact) mass is 520 g/mol. The number of hydrogen-bond acceptors (Lipinski definition) is 6. The van der Waals surface area contributed by atoms with Crippen LogP contribution in [0, 0.1) is 11.8 Å². The second-order valence-corrected chi connectivity index (χ2v) is 11.4. The number of nitrogens with zero attached hydrogens (tertiary/aromatic N) is 6. The molecule has 2 atom stereocenters. The van der Waals surface area contributed by atoms with Crippen LogP contribution in [0.5, 0.6) is 0 Å². The van der Waals surface area contributed by atoms with E-state index >= 15 is 0 Å². The highest BCUT2D eigenvalue weighted by molar-refractivity contribution is 6.30. The Morgan fingerprint density at radius 2 is 1.76 bits per heavy atom. The molecule has 194 valence electrons. The van der Waals surface area contributed by atoms with Gasteiger partial charge < -0.3 is 9.47 Å². The third kappa shape index (κ3) is 4.54. The van der Waals surface area contributed by atoms with Gasteiger partial charge in [-0.25, -0.2) is 19.9 Å². The van der Waals surface area contributed by atoms with Gasteiger partial charge in [-0.05, 0) is 63.5 Å². The van der Waals surface area contributed by atoms with Crippen LogP contribution >= 0.6 is 11.6 Å². The maximum Gasteiger partial charge on any atom is 0.340 e. The fourth-order valence-corrected chi connectivity index (χ4v) is 6.30. The van der Waals surface area contributed by atoms with Gasteiger partial charge in [0.2, 0.25) is 5.95 Å². The van der Waals surface area contributed by atoms with Crippen molar-refractivity contribution in [2.24, 2.45) is 11.8 Å². The van der Waals surface area contributed by atoms with Gasteiger partial charge in [0.1, 0.15) is 5.69 Å². The molecule has 0 bridgehead atoms. The number of hydrogen-bond donors (Lipinski definition) is 2. The first-order valence-corrected chi connectivity index (χ1v) is 13.7. The lowest BCUT2D eigenvalue weighted by molar-refractivity contribution is 0.266. The predicted molar refractivity (Wildman–Crippen MR) is 146 cm³/mol. The summed E-state index contributed by atoms with van der Waals surface area (Å²) in [5.74, 6) is 2.76. The molecule has 0 aromatic carbocycles. The van der Waals surface area contributed by atoms with Crippen LogP contribution in [0.4, 0.5) is 5.95 Å². The first-order chi connectivity index (χ1) is 17.9. The Bertz CT molecular complexity index is 1470. The lowest BCUT2D eigenvalue weighted by Gasteiger charge is -2.31. The molecule has 2 fully saturated rings. The molecule has 1 aliphatic heterocycles. The van der Waals surface area contributed by atoms with Gasteiger partial charge in [0.25, 0.3) is 0 Å². The van der Waals surface area contributed by atoms with E-state index in [0.717, 1.165) is 53.5 Å². The molecule has 0 radical (unpaired) electrons. The topological polar surface area (TPSA) is 108 Å². The fraction of sp³-hybridized carbons (Fsp3) is 0.519. The van der Waals surface area contributed by atoms with Crippen LogP contribution in [0.3, 0.4) is 0 Å². The number of aromatic amines is 2. The number of fused-ring (bicyclic) bond motifs is 1. The van der Waals surface area contributed by atoms with Crippen LogP contribution in [0.1, 0.15) is 59.3 Å². The minimum absolute atomic E-state index is 0.375. The van der Waals surface area contributed by atoms with Crippen LogP contribution in [0.25, 0.3) is 33.8 Å². The van der Waals surface area contributed by atoms with Crippen LogP contribution in [-0.4, -0.2) is 46.8 Å². The number of imidazole rings is 1. The molecule has 0 spiro atoms. The number of pyridine rings is 2.